The van der Waals surface area contributed by atoms with Gasteiger partial charge in [0.2, 0.25) is 0 Å². The van der Waals surface area contributed by atoms with E-state index in [0.717, 1.165) is 5.70 Å². The fourth-order valence-corrected chi connectivity index (χ4v) is 5.46. The van der Waals surface area contributed by atoms with E-state index in [1.54, 1.807) is 43.4 Å². The molecule has 0 amide bonds. The lowest BCUT2D eigenvalue weighted by Gasteiger charge is -2.36. The van der Waals surface area contributed by atoms with E-state index >= 15 is 0 Å². The number of thiophene rings is 1. The van der Waals surface area contributed by atoms with Crippen molar-refractivity contribution < 1.29 is 24.2 Å². The number of Topliss-reactive ketones (excluding diaryl/α,β-unsaturated/α-hetero) is 1. The van der Waals surface area contributed by atoms with Crippen LogP contribution in [0.4, 0.5) is 0 Å². The van der Waals surface area contributed by atoms with Crippen LogP contribution in [0, 0.1) is 0 Å². The van der Waals surface area contributed by atoms with E-state index in [1.807, 2.05) is 25.3 Å². The first kappa shape index (κ1) is 23.1. The van der Waals surface area contributed by atoms with Crippen molar-refractivity contribution in [3.8, 4) is 11.5 Å². The Morgan fingerprint density at radius 1 is 1.27 bits per heavy atom. The number of hydrogen-bond acceptors (Lipinski definition) is 7. The molecule has 174 valence electrons. The molecule has 6 nitrogen and oxygen atoms in total. The molecule has 0 saturated heterocycles. The number of ether oxygens (including phenoxy) is 2. The molecular weight excluding hydrogens is 438 g/mol. The average Bonchev–Trinajstić information content (AvgIpc) is 3.29. The first-order chi connectivity index (χ1) is 15.8. The second-order valence-electron chi connectivity index (χ2n) is 8.65. The lowest BCUT2D eigenvalue weighted by molar-refractivity contribution is -0.143. The minimum Gasteiger partial charge on any atom is -0.504 e. The zero-order valence-electron chi connectivity index (χ0n) is 19.3. The molecule has 2 N–H and O–H groups in total. The molecule has 0 bridgehead atoms. The van der Waals surface area contributed by atoms with Gasteiger partial charge in [0, 0.05) is 40.1 Å². The number of ketones is 1. The van der Waals surface area contributed by atoms with Gasteiger partial charge in [0.05, 0.1) is 18.3 Å². The van der Waals surface area contributed by atoms with Crippen molar-refractivity contribution >= 4 is 23.1 Å². The van der Waals surface area contributed by atoms with Gasteiger partial charge < -0.3 is 19.9 Å². The Morgan fingerprint density at radius 3 is 2.73 bits per heavy atom. The summed E-state index contributed by atoms with van der Waals surface area (Å²) in [6, 6.07) is 9.07. The third kappa shape index (κ3) is 4.55. The third-order valence-electron chi connectivity index (χ3n) is 5.95. The maximum Gasteiger partial charge on any atom is 0.337 e. The van der Waals surface area contributed by atoms with Crippen LogP contribution in [-0.4, -0.2) is 29.6 Å². The number of hydrogen-bond donors (Lipinski definition) is 2. The first-order valence-electron chi connectivity index (χ1n) is 11.2. The number of allylic oxidation sites excluding steroid dienone is 3. The summed E-state index contributed by atoms with van der Waals surface area (Å²) in [7, 11) is 0. The standard InChI is InChI=1S/C26H29NO5S/c1-5-31-21-13-16(8-9-19(21)28)24-23(26(30)32-14(2)3)15(4)27-18-11-17(12-20(29)25(18)24)22-7-6-10-33-22/h6-10,13-14,17,24,27-28H,5,11-12H2,1-4H3. The SMILES string of the molecule is CCOc1cc(C2C(C(=O)OC(C)C)=C(C)NC3=C2C(=O)CC(c2cccs2)C3)ccc1O. The third-order valence-corrected chi connectivity index (χ3v) is 6.99. The maximum absolute atomic E-state index is 13.5. The van der Waals surface area contributed by atoms with Crippen LogP contribution in [0.1, 0.15) is 62.8 Å². The molecule has 2 unspecified atom stereocenters. The predicted molar refractivity (Wildman–Crippen MR) is 127 cm³/mol. The van der Waals surface area contributed by atoms with E-state index in [-0.39, 0.29) is 23.6 Å². The topological polar surface area (TPSA) is 84.9 Å². The Kier molecular flexibility index (Phi) is 6.61. The van der Waals surface area contributed by atoms with Crippen LogP contribution in [0.15, 0.2) is 58.3 Å². The molecule has 2 aliphatic rings. The number of rotatable bonds is 6. The summed E-state index contributed by atoms with van der Waals surface area (Å²) in [6.07, 6.45) is 0.788. The molecule has 33 heavy (non-hydrogen) atoms. The van der Waals surface area contributed by atoms with Gasteiger partial charge in [0.1, 0.15) is 0 Å². The second-order valence-corrected chi connectivity index (χ2v) is 9.63. The molecule has 1 aliphatic carbocycles. The van der Waals surface area contributed by atoms with Crippen LogP contribution in [0.25, 0.3) is 0 Å². The highest BCUT2D eigenvalue weighted by molar-refractivity contribution is 7.10. The fourth-order valence-electron chi connectivity index (χ4n) is 4.63. The van der Waals surface area contributed by atoms with Crippen molar-refractivity contribution in [1.82, 2.24) is 5.32 Å². The van der Waals surface area contributed by atoms with Gasteiger partial charge in [-0.1, -0.05) is 12.1 Å². The van der Waals surface area contributed by atoms with E-state index in [4.69, 9.17) is 9.47 Å². The molecular formula is C26H29NO5S. The van der Waals surface area contributed by atoms with Crippen LogP contribution < -0.4 is 10.1 Å². The van der Waals surface area contributed by atoms with Gasteiger partial charge in [0.25, 0.3) is 0 Å². The highest BCUT2D eigenvalue weighted by atomic mass is 32.1. The van der Waals surface area contributed by atoms with Gasteiger partial charge in [-0.15, -0.1) is 11.3 Å². The predicted octanol–water partition coefficient (Wildman–Crippen LogP) is 5.17. The van der Waals surface area contributed by atoms with Crippen LogP contribution in [0.2, 0.25) is 0 Å². The second kappa shape index (κ2) is 9.43. The smallest absolute Gasteiger partial charge is 0.337 e. The Labute approximate surface area is 197 Å². The van der Waals surface area contributed by atoms with E-state index < -0.39 is 11.9 Å². The minimum atomic E-state index is -0.593. The number of aromatic hydroxyl groups is 1. The van der Waals surface area contributed by atoms with Crippen molar-refractivity contribution in [2.75, 3.05) is 6.61 Å². The summed E-state index contributed by atoms with van der Waals surface area (Å²) in [4.78, 5) is 27.9. The molecule has 1 aliphatic heterocycles. The Bertz CT molecular complexity index is 1130. The number of phenolic OH excluding ortho intramolecular Hbond substituents is 1. The molecule has 0 fully saturated rings. The van der Waals surface area contributed by atoms with Gasteiger partial charge in [-0.3, -0.25) is 4.79 Å². The number of carbonyl (C=O) groups is 2. The number of phenols is 1. The van der Waals surface area contributed by atoms with Crippen molar-refractivity contribution in [2.45, 2.75) is 58.5 Å². The molecule has 0 radical (unpaired) electrons. The zero-order chi connectivity index (χ0) is 23.7. The molecule has 2 heterocycles. The molecule has 1 aromatic carbocycles. The molecule has 1 aromatic heterocycles. The average molecular weight is 468 g/mol. The summed E-state index contributed by atoms with van der Waals surface area (Å²) >= 11 is 1.66. The summed E-state index contributed by atoms with van der Waals surface area (Å²) < 4.78 is 11.1. The van der Waals surface area contributed by atoms with Crippen molar-refractivity contribution in [2.24, 2.45) is 0 Å². The molecule has 4 rings (SSSR count). The Balaban J connectivity index is 1.83. The normalized spacial score (nSPS) is 20.6. The summed E-state index contributed by atoms with van der Waals surface area (Å²) in [5.41, 5.74) is 3.24. The van der Waals surface area contributed by atoms with Crippen LogP contribution in [0.3, 0.4) is 0 Å². The minimum absolute atomic E-state index is 0.0144. The molecule has 0 saturated carbocycles. The van der Waals surface area contributed by atoms with E-state index in [0.29, 0.717) is 47.6 Å². The molecule has 2 atom stereocenters. The van der Waals surface area contributed by atoms with E-state index in [2.05, 4.69) is 11.4 Å². The number of esters is 1. The molecule has 7 heteroatoms. The highest BCUT2D eigenvalue weighted by Gasteiger charge is 2.42. The lowest BCUT2D eigenvalue weighted by Crippen LogP contribution is -2.36. The number of benzene rings is 1. The van der Waals surface area contributed by atoms with Gasteiger partial charge in [-0.05, 0) is 63.3 Å². The lowest BCUT2D eigenvalue weighted by atomic mass is 9.72. The number of nitrogens with one attached hydrogen (secondary N) is 1. The van der Waals surface area contributed by atoms with E-state index in [1.165, 1.54) is 4.88 Å². The zero-order valence-corrected chi connectivity index (χ0v) is 20.1. The monoisotopic (exact) mass is 467 g/mol. The maximum atomic E-state index is 13.5. The van der Waals surface area contributed by atoms with Gasteiger partial charge in [-0.25, -0.2) is 4.79 Å². The van der Waals surface area contributed by atoms with Crippen LogP contribution >= 0.6 is 11.3 Å². The molecule has 0 spiro atoms. The largest absolute Gasteiger partial charge is 0.504 e. The fraction of sp³-hybridized carbons (Fsp3) is 0.385. The summed E-state index contributed by atoms with van der Waals surface area (Å²) in [5, 5.41) is 15.6. The Hall–Kier alpha value is -3.06. The number of dihydropyridines is 1. The van der Waals surface area contributed by atoms with Gasteiger partial charge >= 0.3 is 5.97 Å². The van der Waals surface area contributed by atoms with Crippen molar-refractivity contribution in [1.29, 1.82) is 0 Å². The van der Waals surface area contributed by atoms with E-state index in [9.17, 15) is 14.7 Å². The van der Waals surface area contributed by atoms with Gasteiger partial charge in [0.15, 0.2) is 17.3 Å². The van der Waals surface area contributed by atoms with Crippen LogP contribution in [-0.2, 0) is 14.3 Å². The summed E-state index contributed by atoms with van der Waals surface area (Å²) in [5.74, 6) is -0.580. The van der Waals surface area contributed by atoms with Crippen molar-refractivity contribution in [3.05, 3.63) is 68.7 Å². The summed E-state index contributed by atoms with van der Waals surface area (Å²) in [6.45, 7) is 7.67. The van der Waals surface area contributed by atoms with Crippen molar-refractivity contribution in [3.63, 3.8) is 0 Å². The highest BCUT2D eigenvalue weighted by Crippen LogP contribution is 2.47. The number of carbonyl (C=O) groups excluding carboxylic acids is 2. The van der Waals surface area contributed by atoms with Gasteiger partial charge in [-0.2, -0.15) is 0 Å². The first-order valence-corrected chi connectivity index (χ1v) is 12.1. The molecule has 2 aromatic rings. The van der Waals surface area contributed by atoms with Crippen LogP contribution in [0.5, 0.6) is 11.5 Å². The Morgan fingerprint density at radius 2 is 2.06 bits per heavy atom. The quantitative estimate of drug-likeness (QED) is 0.571.